The number of amides is 1. The molecule has 1 aromatic carbocycles. The Kier molecular flexibility index (Phi) is 7.88. The lowest BCUT2D eigenvalue weighted by molar-refractivity contribution is -0.120. The summed E-state index contributed by atoms with van der Waals surface area (Å²) in [4.78, 5) is 22.5. The van der Waals surface area contributed by atoms with E-state index in [1.807, 2.05) is 11.0 Å². The Balaban J connectivity index is 1.63. The summed E-state index contributed by atoms with van der Waals surface area (Å²) in [5.41, 5.74) is 5.95. The van der Waals surface area contributed by atoms with Gasteiger partial charge in [-0.25, -0.2) is 9.97 Å². The topological polar surface area (TPSA) is 108 Å². The fourth-order valence-corrected chi connectivity index (χ4v) is 4.01. The van der Waals surface area contributed by atoms with Crippen molar-refractivity contribution in [3.05, 3.63) is 46.0 Å². The molecule has 2 atom stereocenters. The van der Waals surface area contributed by atoms with E-state index in [4.69, 9.17) is 28.9 Å². The number of aliphatic hydroxyl groups is 1. The molecule has 0 radical (unpaired) electrons. The second-order valence-corrected chi connectivity index (χ2v) is 8.41. The van der Waals surface area contributed by atoms with E-state index in [9.17, 15) is 9.90 Å². The van der Waals surface area contributed by atoms with Gasteiger partial charge in [0.1, 0.15) is 6.33 Å². The Hall–Kier alpha value is -2.20. The number of carbonyl (C=O) groups is 1. The number of β-amino-alcohol motifs (C(OH)–C–C–N with tert-alkyl or cyclic N) is 1. The lowest BCUT2D eigenvalue weighted by atomic mass is 9.94. The van der Waals surface area contributed by atoms with Crippen molar-refractivity contribution in [1.29, 1.82) is 0 Å². The molecule has 8 nitrogen and oxygen atoms in total. The predicted molar refractivity (Wildman–Crippen MR) is 119 cm³/mol. The van der Waals surface area contributed by atoms with E-state index < -0.39 is 17.8 Å². The van der Waals surface area contributed by atoms with E-state index in [2.05, 4.69) is 15.3 Å². The van der Waals surface area contributed by atoms with Crippen molar-refractivity contribution >= 4 is 40.7 Å². The number of halogens is 3. The van der Waals surface area contributed by atoms with Crippen LogP contribution in [0.15, 0.2) is 24.5 Å². The van der Waals surface area contributed by atoms with E-state index in [1.165, 1.54) is 6.33 Å². The predicted octanol–water partition coefficient (Wildman–Crippen LogP) is 2.14. The largest absolute Gasteiger partial charge is 0.391 e. The third-order valence-electron chi connectivity index (χ3n) is 5.29. The molecular weight excluding hydrogens is 446 g/mol. The van der Waals surface area contributed by atoms with Crippen LogP contribution in [-0.2, 0) is 11.3 Å². The van der Waals surface area contributed by atoms with Crippen LogP contribution in [0.5, 0.6) is 0 Å². The lowest BCUT2D eigenvalue weighted by Crippen LogP contribution is -2.48. The van der Waals surface area contributed by atoms with Crippen molar-refractivity contribution in [3.8, 4) is 0 Å². The number of rotatable bonds is 8. The zero-order valence-corrected chi connectivity index (χ0v) is 18.6. The molecule has 0 aliphatic carbocycles. The third kappa shape index (κ3) is 5.94. The molecule has 2 heterocycles. The maximum Gasteiger partial charge on any atom is 0.231 e. The highest BCUT2D eigenvalue weighted by molar-refractivity contribution is 6.42. The highest BCUT2D eigenvalue weighted by atomic mass is 35.5. The highest BCUT2D eigenvalue weighted by Crippen LogP contribution is 2.29. The maximum atomic E-state index is 15.1. The normalized spacial score (nSPS) is 19.3. The molecule has 4 N–H and O–H groups in total. The average Bonchev–Trinajstić information content (AvgIpc) is 2.71. The van der Waals surface area contributed by atoms with Crippen LogP contribution >= 0.6 is 23.2 Å². The van der Waals surface area contributed by atoms with Gasteiger partial charge >= 0.3 is 0 Å². The Morgan fingerprint density at radius 1 is 1.42 bits per heavy atom. The molecule has 31 heavy (non-hydrogen) atoms. The van der Waals surface area contributed by atoms with Gasteiger partial charge in [0.05, 0.1) is 22.7 Å². The molecular formula is C20H25Cl2FN6O2. The second kappa shape index (κ2) is 10.4. The second-order valence-electron chi connectivity index (χ2n) is 7.63. The molecule has 0 saturated carbocycles. The minimum Gasteiger partial charge on any atom is -0.391 e. The molecule has 1 aromatic heterocycles. The van der Waals surface area contributed by atoms with Gasteiger partial charge < -0.3 is 21.1 Å². The fraction of sp³-hybridized carbons (Fsp3) is 0.450. The molecule has 1 fully saturated rings. The minimum absolute atomic E-state index is 0.0563. The zero-order valence-electron chi connectivity index (χ0n) is 17.1. The highest BCUT2D eigenvalue weighted by Gasteiger charge is 2.28. The van der Waals surface area contributed by atoms with Gasteiger partial charge in [-0.05, 0) is 24.6 Å². The summed E-state index contributed by atoms with van der Waals surface area (Å²) < 4.78 is 15.1. The van der Waals surface area contributed by atoms with Gasteiger partial charge in [-0.15, -0.1) is 0 Å². The maximum absolute atomic E-state index is 15.1. The number of benzene rings is 1. The number of hydrogen-bond donors (Lipinski definition) is 3. The van der Waals surface area contributed by atoms with E-state index in [0.717, 1.165) is 5.56 Å². The van der Waals surface area contributed by atoms with Crippen LogP contribution in [-0.4, -0.2) is 65.2 Å². The molecule has 1 aliphatic rings. The molecule has 3 rings (SSSR count). The standard InChI is InChI=1S/C20H25Cl2FN6O2/c1-28(8-13-3-2-4-14(21)17(13)22)20-18(23)19(26-11-27-20)25-7-12-5-6-29(9-15(12)30)10-16(24)31/h2-4,11-12,15,30H,5-10H2,1H3,(H2,24,31)(H,25,26,27)/t12-,15+/m0/s1. The number of hydrogen-bond acceptors (Lipinski definition) is 7. The first-order valence-corrected chi connectivity index (χ1v) is 10.6. The first-order chi connectivity index (χ1) is 14.8. The van der Waals surface area contributed by atoms with E-state index in [0.29, 0.717) is 42.6 Å². The summed E-state index contributed by atoms with van der Waals surface area (Å²) in [5.74, 6) is -0.956. The SMILES string of the molecule is CN(Cc1cccc(Cl)c1Cl)c1ncnc(NC[C@@H]2CCN(CC(N)=O)C[C@H]2O)c1F. The van der Waals surface area contributed by atoms with Gasteiger partial charge in [0, 0.05) is 32.6 Å². The smallest absolute Gasteiger partial charge is 0.231 e. The van der Waals surface area contributed by atoms with Gasteiger partial charge in [0.2, 0.25) is 11.7 Å². The molecule has 1 aliphatic heterocycles. The summed E-state index contributed by atoms with van der Waals surface area (Å²) >= 11 is 12.3. The molecule has 168 valence electrons. The van der Waals surface area contributed by atoms with Crippen molar-refractivity contribution in [3.63, 3.8) is 0 Å². The van der Waals surface area contributed by atoms with Gasteiger partial charge in [-0.3, -0.25) is 9.69 Å². The number of aliphatic hydroxyl groups excluding tert-OH is 1. The van der Waals surface area contributed by atoms with Gasteiger partial charge in [0.15, 0.2) is 11.6 Å². The van der Waals surface area contributed by atoms with Crippen molar-refractivity contribution in [2.24, 2.45) is 11.7 Å². The van der Waals surface area contributed by atoms with Crippen LogP contribution in [0.1, 0.15) is 12.0 Å². The first-order valence-electron chi connectivity index (χ1n) is 9.83. The Bertz CT molecular complexity index is 935. The summed E-state index contributed by atoms with van der Waals surface area (Å²) in [6.45, 7) is 1.74. The number of likely N-dealkylation sites (tertiary alicyclic amines) is 1. The van der Waals surface area contributed by atoms with Gasteiger partial charge in [-0.2, -0.15) is 4.39 Å². The van der Waals surface area contributed by atoms with E-state index in [1.54, 1.807) is 24.1 Å². The fourth-order valence-electron chi connectivity index (χ4n) is 3.63. The number of nitrogens with one attached hydrogen (secondary N) is 1. The van der Waals surface area contributed by atoms with E-state index >= 15 is 4.39 Å². The molecule has 0 bridgehead atoms. The minimum atomic E-state index is -0.655. The number of aromatic nitrogens is 2. The number of nitrogens with zero attached hydrogens (tertiary/aromatic N) is 4. The van der Waals surface area contributed by atoms with Crippen LogP contribution < -0.4 is 16.0 Å². The molecule has 1 saturated heterocycles. The number of nitrogens with two attached hydrogens (primary N) is 1. The van der Waals surface area contributed by atoms with Crippen molar-refractivity contribution < 1.29 is 14.3 Å². The first kappa shape index (κ1) is 23.5. The Labute approximate surface area is 190 Å². The Morgan fingerprint density at radius 2 is 2.19 bits per heavy atom. The van der Waals surface area contributed by atoms with Gasteiger partial charge in [0.25, 0.3) is 0 Å². The lowest BCUT2D eigenvalue weighted by Gasteiger charge is -2.35. The number of primary amides is 1. The summed E-state index contributed by atoms with van der Waals surface area (Å²) in [6, 6.07) is 5.28. The third-order valence-corrected chi connectivity index (χ3v) is 6.15. The van der Waals surface area contributed by atoms with Crippen LogP contribution in [0, 0.1) is 11.7 Å². The zero-order chi connectivity index (χ0) is 22.5. The molecule has 0 spiro atoms. The number of piperidine rings is 1. The van der Waals surface area contributed by atoms with Crippen LogP contribution in [0.4, 0.5) is 16.0 Å². The average molecular weight is 471 g/mol. The molecule has 11 heteroatoms. The number of carbonyl (C=O) groups excluding carboxylic acids is 1. The summed E-state index contributed by atoms with van der Waals surface area (Å²) in [7, 11) is 1.70. The quantitative estimate of drug-likeness (QED) is 0.542. The van der Waals surface area contributed by atoms with Gasteiger partial charge in [-0.1, -0.05) is 35.3 Å². The van der Waals surface area contributed by atoms with Crippen LogP contribution in [0.3, 0.4) is 0 Å². The Morgan fingerprint density at radius 3 is 2.90 bits per heavy atom. The number of anilines is 2. The summed E-state index contributed by atoms with van der Waals surface area (Å²) in [6.07, 6.45) is 1.27. The van der Waals surface area contributed by atoms with Crippen molar-refractivity contribution in [1.82, 2.24) is 14.9 Å². The molecule has 2 aromatic rings. The van der Waals surface area contributed by atoms with Crippen LogP contribution in [0.2, 0.25) is 10.0 Å². The van der Waals surface area contributed by atoms with Crippen molar-refractivity contribution in [2.45, 2.75) is 19.1 Å². The van der Waals surface area contributed by atoms with Crippen molar-refractivity contribution in [2.75, 3.05) is 43.4 Å². The van der Waals surface area contributed by atoms with Crippen LogP contribution in [0.25, 0.3) is 0 Å². The monoisotopic (exact) mass is 470 g/mol. The molecule has 0 unspecified atom stereocenters. The molecule has 1 amide bonds. The summed E-state index contributed by atoms with van der Waals surface area (Å²) in [5, 5.41) is 14.2. The van der Waals surface area contributed by atoms with E-state index in [-0.39, 0.29) is 24.1 Å².